The summed E-state index contributed by atoms with van der Waals surface area (Å²) < 4.78 is 22.8. The van der Waals surface area contributed by atoms with Gasteiger partial charge in [0.25, 0.3) is 0 Å². The Morgan fingerprint density at radius 3 is 2.25 bits per heavy atom. The second-order valence-corrected chi connectivity index (χ2v) is 6.13. The second-order valence-electron chi connectivity index (χ2n) is 3.94. The standard InChI is InChI=1S/C9H15NO5S/c1-3-10(7(2)11)9(8(12)13)4-5-16(14,15)6-9/h3-6H2,1-2H3,(H,12,13). The molecule has 1 atom stereocenters. The molecule has 0 aromatic carbocycles. The van der Waals surface area contributed by atoms with Crippen LogP contribution in [0.25, 0.3) is 0 Å². The summed E-state index contributed by atoms with van der Waals surface area (Å²) in [4.78, 5) is 23.7. The minimum atomic E-state index is -3.36. The molecule has 0 spiro atoms. The SMILES string of the molecule is CCN(C(C)=O)C1(C(=O)O)CCS(=O)(=O)C1. The van der Waals surface area contributed by atoms with Crippen LogP contribution in [0.1, 0.15) is 20.3 Å². The summed E-state index contributed by atoms with van der Waals surface area (Å²) >= 11 is 0. The highest BCUT2D eigenvalue weighted by Gasteiger charge is 2.53. The van der Waals surface area contributed by atoms with Crippen LogP contribution < -0.4 is 0 Å². The molecule has 16 heavy (non-hydrogen) atoms. The minimum Gasteiger partial charge on any atom is -0.479 e. The third kappa shape index (κ3) is 2.04. The average molecular weight is 249 g/mol. The Balaban J connectivity index is 3.18. The van der Waals surface area contributed by atoms with E-state index >= 15 is 0 Å². The largest absolute Gasteiger partial charge is 0.479 e. The number of nitrogens with zero attached hydrogens (tertiary/aromatic N) is 1. The van der Waals surface area contributed by atoms with E-state index in [0.717, 1.165) is 4.90 Å². The van der Waals surface area contributed by atoms with Gasteiger partial charge in [0, 0.05) is 13.5 Å². The summed E-state index contributed by atoms with van der Waals surface area (Å²) in [6, 6.07) is 0. The number of sulfone groups is 1. The molecule has 1 aliphatic rings. The van der Waals surface area contributed by atoms with Crippen molar-refractivity contribution in [1.29, 1.82) is 0 Å². The molecule has 0 bridgehead atoms. The number of carboxylic acids is 1. The number of carboxylic acid groups (broad SMARTS) is 1. The van der Waals surface area contributed by atoms with Gasteiger partial charge in [0.1, 0.15) is 0 Å². The van der Waals surface area contributed by atoms with E-state index < -0.39 is 33.0 Å². The van der Waals surface area contributed by atoms with Crippen LogP contribution >= 0.6 is 0 Å². The average Bonchev–Trinajstić information content (AvgIpc) is 2.44. The summed E-state index contributed by atoms with van der Waals surface area (Å²) in [7, 11) is -3.36. The van der Waals surface area contributed by atoms with Gasteiger partial charge in [-0.05, 0) is 13.3 Å². The number of likely N-dealkylation sites (N-methyl/N-ethyl adjacent to an activating group) is 1. The van der Waals surface area contributed by atoms with Gasteiger partial charge < -0.3 is 10.0 Å². The first-order valence-corrected chi connectivity index (χ1v) is 6.79. The number of carbonyl (C=O) groups excluding carboxylic acids is 1. The zero-order valence-corrected chi connectivity index (χ0v) is 10.1. The smallest absolute Gasteiger partial charge is 0.330 e. The van der Waals surface area contributed by atoms with Gasteiger partial charge in [-0.15, -0.1) is 0 Å². The van der Waals surface area contributed by atoms with E-state index in [0.29, 0.717) is 0 Å². The minimum absolute atomic E-state index is 0.0297. The van der Waals surface area contributed by atoms with E-state index in [4.69, 9.17) is 0 Å². The van der Waals surface area contributed by atoms with Crippen molar-refractivity contribution >= 4 is 21.7 Å². The van der Waals surface area contributed by atoms with Crippen LogP contribution in [0.3, 0.4) is 0 Å². The Kier molecular flexibility index (Phi) is 3.27. The number of aliphatic carboxylic acids is 1. The Morgan fingerprint density at radius 1 is 1.44 bits per heavy atom. The topological polar surface area (TPSA) is 91.8 Å². The highest BCUT2D eigenvalue weighted by Crippen LogP contribution is 2.30. The maximum atomic E-state index is 11.4. The van der Waals surface area contributed by atoms with Crippen molar-refractivity contribution in [2.45, 2.75) is 25.8 Å². The lowest BCUT2D eigenvalue weighted by Gasteiger charge is -2.35. The highest BCUT2D eigenvalue weighted by molar-refractivity contribution is 7.91. The van der Waals surface area contributed by atoms with E-state index in [2.05, 4.69) is 0 Å². The Labute approximate surface area is 94.2 Å². The van der Waals surface area contributed by atoms with Crippen LogP contribution in [0.4, 0.5) is 0 Å². The van der Waals surface area contributed by atoms with Gasteiger partial charge in [-0.25, -0.2) is 13.2 Å². The van der Waals surface area contributed by atoms with Gasteiger partial charge in [0.2, 0.25) is 5.91 Å². The molecular weight excluding hydrogens is 234 g/mol. The van der Waals surface area contributed by atoms with Crippen LogP contribution in [0.2, 0.25) is 0 Å². The van der Waals surface area contributed by atoms with E-state index in [-0.39, 0.29) is 18.7 Å². The third-order valence-corrected chi connectivity index (χ3v) is 4.64. The monoisotopic (exact) mass is 249 g/mol. The van der Waals surface area contributed by atoms with Crippen LogP contribution in [0.15, 0.2) is 0 Å². The Bertz CT molecular complexity index is 416. The lowest BCUT2D eigenvalue weighted by Crippen LogP contribution is -2.57. The van der Waals surface area contributed by atoms with Crippen molar-refractivity contribution in [3.8, 4) is 0 Å². The molecule has 0 aromatic heterocycles. The summed E-state index contributed by atoms with van der Waals surface area (Å²) in [5.41, 5.74) is -1.57. The van der Waals surface area contributed by atoms with Crippen molar-refractivity contribution in [1.82, 2.24) is 4.90 Å². The molecule has 1 aliphatic heterocycles. The first-order chi connectivity index (χ1) is 7.25. The summed E-state index contributed by atoms with van der Waals surface area (Å²) in [5.74, 6) is -2.32. The van der Waals surface area contributed by atoms with Gasteiger partial charge >= 0.3 is 5.97 Å². The maximum Gasteiger partial charge on any atom is 0.330 e. The maximum absolute atomic E-state index is 11.4. The first-order valence-electron chi connectivity index (χ1n) is 4.97. The van der Waals surface area contributed by atoms with E-state index in [1.165, 1.54) is 6.92 Å². The molecule has 7 heteroatoms. The molecule has 0 radical (unpaired) electrons. The van der Waals surface area contributed by atoms with Crippen LogP contribution in [0.5, 0.6) is 0 Å². The predicted octanol–water partition coefficient (Wildman–Crippen LogP) is -0.503. The normalized spacial score (nSPS) is 27.6. The number of rotatable bonds is 3. The zero-order chi connectivity index (χ0) is 12.6. The molecule has 1 heterocycles. The van der Waals surface area contributed by atoms with Crippen LogP contribution in [-0.2, 0) is 19.4 Å². The predicted molar refractivity (Wildman–Crippen MR) is 56.7 cm³/mol. The van der Waals surface area contributed by atoms with E-state index in [1.54, 1.807) is 6.92 Å². The van der Waals surface area contributed by atoms with Gasteiger partial charge in [-0.2, -0.15) is 0 Å². The highest BCUT2D eigenvalue weighted by atomic mass is 32.2. The molecule has 1 unspecified atom stereocenters. The Hall–Kier alpha value is -1.11. The first kappa shape index (κ1) is 13.0. The van der Waals surface area contributed by atoms with Crippen molar-refractivity contribution in [3.63, 3.8) is 0 Å². The lowest BCUT2D eigenvalue weighted by molar-refractivity contribution is -0.156. The van der Waals surface area contributed by atoms with Crippen molar-refractivity contribution < 1.29 is 23.1 Å². The van der Waals surface area contributed by atoms with Crippen molar-refractivity contribution in [2.75, 3.05) is 18.1 Å². The molecule has 0 saturated carbocycles. The molecule has 1 fully saturated rings. The van der Waals surface area contributed by atoms with Gasteiger partial charge in [-0.1, -0.05) is 0 Å². The molecular formula is C9H15NO5S. The molecule has 1 N–H and O–H groups in total. The number of carbonyl (C=O) groups is 2. The van der Waals surface area contributed by atoms with Crippen molar-refractivity contribution in [3.05, 3.63) is 0 Å². The molecule has 0 aromatic rings. The lowest BCUT2D eigenvalue weighted by atomic mass is 9.96. The Morgan fingerprint density at radius 2 is 2.00 bits per heavy atom. The molecule has 0 aliphatic carbocycles. The van der Waals surface area contributed by atoms with E-state index in [1.807, 2.05) is 0 Å². The summed E-state index contributed by atoms with van der Waals surface area (Å²) in [5, 5.41) is 9.19. The quantitative estimate of drug-likeness (QED) is 0.727. The number of hydrogen-bond acceptors (Lipinski definition) is 4. The van der Waals surface area contributed by atoms with Gasteiger partial charge in [0.15, 0.2) is 15.4 Å². The second kappa shape index (κ2) is 4.04. The van der Waals surface area contributed by atoms with Gasteiger partial charge in [0.05, 0.1) is 11.5 Å². The van der Waals surface area contributed by atoms with Crippen LogP contribution in [0, 0.1) is 0 Å². The third-order valence-electron chi connectivity index (χ3n) is 2.90. The fourth-order valence-corrected chi connectivity index (χ4v) is 4.10. The molecule has 1 amide bonds. The molecule has 92 valence electrons. The summed E-state index contributed by atoms with van der Waals surface area (Å²) in [6.07, 6.45) is -0.0297. The summed E-state index contributed by atoms with van der Waals surface area (Å²) in [6.45, 7) is 3.08. The van der Waals surface area contributed by atoms with Crippen molar-refractivity contribution in [2.24, 2.45) is 0 Å². The molecule has 1 saturated heterocycles. The fourth-order valence-electron chi connectivity index (χ4n) is 2.16. The van der Waals surface area contributed by atoms with Crippen LogP contribution in [-0.4, -0.2) is 53.9 Å². The number of amides is 1. The fraction of sp³-hybridized carbons (Fsp3) is 0.778. The van der Waals surface area contributed by atoms with Gasteiger partial charge in [-0.3, -0.25) is 4.79 Å². The zero-order valence-electron chi connectivity index (χ0n) is 9.26. The number of hydrogen-bond donors (Lipinski definition) is 1. The molecule has 6 nitrogen and oxygen atoms in total. The molecule has 1 rings (SSSR count). The van der Waals surface area contributed by atoms with E-state index in [9.17, 15) is 23.1 Å².